The van der Waals surface area contributed by atoms with Gasteiger partial charge in [0, 0.05) is 6.54 Å². The van der Waals surface area contributed by atoms with Crippen molar-refractivity contribution in [2.75, 3.05) is 13.7 Å². The predicted octanol–water partition coefficient (Wildman–Crippen LogP) is 4.15. The van der Waals surface area contributed by atoms with Crippen molar-refractivity contribution in [3.05, 3.63) is 40.6 Å². The van der Waals surface area contributed by atoms with Crippen molar-refractivity contribution in [2.45, 2.75) is 65.3 Å². The normalized spacial score (nSPS) is 18.0. The van der Waals surface area contributed by atoms with Gasteiger partial charge < -0.3 is 24.1 Å². The molecule has 2 rings (SSSR count). The lowest BCUT2D eigenvalue weighted by molar-refractivity contribution is 0.00578. The fraction of sp³-hybridized carbons (Fsp3) is 0.545. The van der Waals surface area contributed by atoms with Gasteiger partial charge in [0.1, 0.15) is 11.4 Å². The van der Waals surface area contributed by atoms with Gasteiger partial charge in [-0.25, -0.2) is 14.0 Å². The Morgan fingerprint density at radius 2 is 1.74 bits per heavy atom. The van der Waals surface area contributed by atoms with Crippen molar-refractivity contribution in [3.8, 4) is 0 Å². The quantitative estimate of drug-likeness (QED) is 0.553. The third-order valence-corrected chi connectivity index (χ3v) is 5.14. The number of nitrogens with one attached hydrogen (secondary N) is 1. The Bertz CT molecular complexity index is 859. The summed E-state index contributed by atoms with van der Waals surface area (Å²) >= 11 is 0. The molecule has 0 radical (unpaired) electrons. The topological polar surface area (TPSA) is 83.1 Å². The number of esters is 1. The minimum absolute atomic E-state index is 0.0661. The summed E-state index contributed by atoms with van der Waals surface area (Å²) in [4.78, 5) is 24.0. The monoisotopic (exact) mass is 435 g/mol. The van der Waals surface area contributed by atoms with Crippen LogP contribution in [0.3, 0.4) is 0 Å². The molecule has 1 aliphatic rings. The Labute approximate surface area is 183 Å². The van der Waals surface area contributed by atoms with Gasteiger partial charge in [0.15, 0.2) is 0 Å². The standard InChI is InChI=1S/C22H31BFNO6/c1-20(2,3)29-19(27)25-13-15(23-30-21(4,5)22(6,7)31-23)11-14-9-10-17(24)16(12-14)18(26)28-8/h9-12H,13H2,1-8H3,(H,25,27). The van der Waals surface area contributed by atoms with Crippen LogP contribution in [0.25, 0.3) is 6.08 Å². The number of ether oxygens (including phenoxy) is 2. The van der Waals surface area contributed by atoms with Crippen LogP contribution >= 0.6 is 0 Å². The zero-order valence-electron chi connectivity index (χ0n) is 19.4. The average molecular weight is 435 g/mol. The van der Waals surface area contributed by atoms with E-state index in [0.717, 1.165) is 0 Å². The number of amides is 1. The molecule has 0 aliphatic carbocycles. The number of methoxy groups -OCH3 is 1. The van der Waals surface area contributed by atoms with Crippen molar-refractivity contribution in [2.24, 2.45) is 0 Å². The number of carbonyl (C=O) groups is 2. The Morgan fingerprint density at radius 3 is 2.26 bits per heavy atom. The Balaban J connectivity index is 2.36. The van der Waals surface area contributed by atoms with E-state index in [1.807, 2.05) is 27.7 Å². The zero-order chi connectivity index (χ0) is 23.6. The molecule has 31 heavy (non-hydrogen) atoms. The maximum absolute atomic E-state index is 14.0. The number of hydrogen-bond acceptors (Lipinski definition) is 6. The highest BCUT2D eigenvalue weighted by atomic mass is 19.1. The number of rotatable bonds is 5. The number of halogens is 1. The van der Waals surface area contributed by atoms with Gasteiger partial charge in [-0.05, 0) is 71.6 Å². The van der Waals surface area contributed by atoms with Gasteiger partial charge >= 0.3 is 19.2 Å². The first-order valence-electron chi connectivity index (χ1n) is 10.1. The van der Waals surface area contributed by atoms with Crippen LogP contribution in [0.4, 0.5) is 9.18 Å². The molecule has 1 aromatic carbocycles. The minimum atomic E-state index is -0.781. The molecule has 0 unspecified atom stereocenters. The number of hydrogen-bond donors (Lipinski definition) is 1. The first-order chi connectivity index (χ1) is 14.1. The van der Waals surface area contributed by atoms with Gasteiger partial charge in [-0.1, -0.05) is 12.1 Å². The van der Waals surface area contributed by atoms with Gasteiger partial charge in [-0.3, -0.25) is 0 Å². The van der Waals surface area contributed by atoms with Gasteiger partial charge in [-0.15, -0.1) is 0 Å². The van der Waals surface area contributed by atoms with Crippen molar-refractivity contribution >= 4 is 25.3 Å². The summed E-state index contributed by atoms with van der Waals surface area (Å²) in [5.41, 5.74) is -0.926. The first kappa shape index (κ1) is 24.9. The van der Waals surface area contributed by atoms with E-state index < -0.39 is 41.8 Å². The second-order valence-corrected chi connectivity index (χ2v) is 9.39. The lowest BCUT2D eigenvalue weighted by Crippen LogP contribution is -2.41. The lowest BCUT2D eigenvalue weighted by atomic mass is 9.77. The summed E-state index contributed by atoms with van der Waals surface area (Å²) in [5, 5.41) is 2.70. The molecule has 1 aliphatic heterocycles. The molecule has 0 saturated carbocycles. The maximum atomic E-state index is 14.0. The molecule has 0 spiro atoms. The molecule has 1 heterocycles. The Morgan fingerprint density at radius 1 is 1.16 bits per heavy atom. The summed E-state index contributed by atoms with van der Waals surface area (Å²) in [7, 11) is 0.428. The van der Waals surface area contributed by atoms with Crippen LogP contribution in [-0.4, -0.2) is 49.6 Å². The van der Waals surface area contributed by atoms with E-state index in [-0.39, 0.29) is 12.1 Å². The van der Waals surface area contributed by atoms with E-state index in [4.69, 9.17) is 14.0 Å². The molecular formula is C22H31BFNO6. The fourth-order valence-electron chi connectivity index (χ4n) is 2.80. The van der Waals surface area contributed by atoms with Crippen LogP contribution in [0.15, 0.2) is 23.7 Å². The third kappa shape index (κ3) is 6.30. The smallest absolute Gasteiger partial charge is 0.465 e. The van der Waals surface area contributed by atoms with Crippen LogP contribution < -0.4 is 5.32 Å². The van der Waals surface area contributed by atoms with Crippen LogP contribution in [0.5, 0.6) is 0 Å². The maximum Gasteiger partial charge on any atom is 0.492 e. The highest BCUT2D eigenvalue weighted by Crippen LogP contribution is 2.38. The van der Waals surface area contributed by atoms with Crippen molar-refractivity contribution in [1.29, 1.82) is 0 Å². The SMILES string of the molecule is COC(=O)c1cc(C=C(CNC(=O)OC(C)(C)C)B2OC(C)(C)C(C)(C)O2)ccc1F. The van der Waals surface area contributed by atoms with Crippen LogP contribution in [0.1, 0.15) is 64.4 Å². The van der Waals surface area contributed by atoms with Crippen molar-refractivity contribution in [3.63, 3.8) is 0 Å². The van der Waals surface area contributed by atoms with Crippen LogP contribution in [0, 0.1) is 5.82 Å². The van der Waals surface area contributed by atoms with E-state index in [1.165, 1.54) is 25.3 Å². The predicted molar refractivity (Wildman–Crippen MR) is 116 cm³/mol. The number of carbonyl (C=O) groups excluding carboxylic acids is 2. The molecule has 1 saturated heterocycles. The van der Waals surface area contributed by atoms with E-state index in [0.29, 0.717) is 11.0 Å². The van der Waals surface area contributed by atoms with Crippen molar-refractivity contribution in [1.82, 2.24) is 5.32 Å². The van der Waals surface area contributed by atoms with E-state index in [2.05, 4.69) is 10.1 Å². The Kier molecular flexibility index (Phi) is 7.23. The molecule has 0 bridgehead atoms. The minimum Gasteiger partial charge on any atom is -0.465 e. The summed E-state index contributed by atoms with van der Waals surface area (Å²) in [5.74, 6) is -1.47. The largest absolute Gasteiger partial charge is 0.492 e. The molecule has 1 aromatic rings. The van der Waals surface area contributed by atoms with E-state index in [1.54, 1.807) is 26.8 Å². The summed E-state index contributed by atoms with van der Waals surface area (Å²) in [6.07, 6.45) is 1.09. The molecular weight excluding hydrogens is 404 g/mol. The van der Waals surface area contributed by atoms with E-state index in [9.17, 15) is 14.0 Å². The number of benzene rings is 1. The van der Waals surface area contributed by atoms with Gasteiger partial charge in [0.25, 0.3) is 0 Å². The van der Waals surface area contributed by atoms with Gasteiger partial charge in [-0.2, -0.15) is 0 Å². The lowest BCUT2D eigenvalue weighted by Gasteiger charge is -2.32. The molecule has 1 N–H and O–H groups in total. The van der Waals surface area contributed by atoms with Crippen molar-refractivity contribution < 1.29 is 32.8 Å². The number of alkyl carbamates (subject to hydrolysis) is 1. The highest BCUT2D eigenvalue weighted by molar-refractivity contribution is 6.56. The summed E-state index contributed by atoms with van der Waals surface area (Å²) < 4.78 is 36.2. The molecule has 7 nitrogen and oxygen atoms in total. The summed E-state index contributed by atoms with van der Waals surface area (Å²) in [6.45, 7) is 13.0. The average Bonchev–Trinajstić information content (AvgIpc) is 2.85. The second kappa shape index (κ2) is 9.00. The van der Waals surface area contributed by atoms with Gasteiger partial charge in [0.2, 0.25) is 0 Å². The first-order valence-corrected chi connectivity index (χ1v) is 10.1. The van der Waals surface area contributed by atoms with E-state index >= 15 is 0 Å². The molecule has 1 amide bonds. The second-order valence-electron chi connectivity index (χ2n) is 9.39. The summed E-state index contributed by atoms with van der Waals surface area (Å²) in [6, 6.07) is 4.07. The molecule has 170 valence electrons. The molecule has 0 atom stereocenters. The van der Waals surface area contributed by atoms with Crippen LogP contribution in [0.2, 0.25) is 0 Å². The van der Waals surface area contributed by atoms with Crippen LogP contribution in [-0.2, 0) is 18.8 Å². The highest BCUT2D eigenvalue weighted by Gasteiger charge is 2.52. The zero-order valence-corrected chi connectivity index (χ0v) is 19.4. The molecule has 9 heteroatoms. The van der Waals surface area contributed by atoms with Gasteiger partial charge in [0.05, 0.1) is 23.9 Å². The molecule has 0 aromatic heterocycles. The molecule has 1 fully saturated rings. The fourth-order valence-corrected chi connectivity index (χ4v) is 2.80. The Hall–Kier alpha value is -2.39. The third-order valence-electron chi connectivity index (χ3n) is 5.14.